The molecule has 0 saturated heterocycles. The summed E-state index contributed by atoms with van der Waals surface area (Å²) in [4.78, 5) is 0. The van der Waals surface area contributed by atoms with Gasteiger partial charge < -0.3 is 0 Å². The SMILES string of the molecule is N#CC=CCC[C@H]1CC[C@H](CC[C@H]2CC[C@H](c3ccc(F)c(F)c3)CC2)CC1. The van der Waals surface area contributed by atoms with E-state index in [0.717, 1.165) is 42.6 Å². The maximum absolute atomic E-state index is 13.5. The Bertz CT molecular complexity index is 674. The normalized spacial score (nSPS) is 28.3. The second-order valence-electron chi connectivity index (χ2n) is 8.96. The predicted octanol–water partition coefficient (Wildman–Crippen LogP) is 7.69. The van der Waals surface area contributed by atoms with Crippen molar-refractivity contribution in [1.82, 2.24) is 0 Å². The predicted molar refractivity (Wildman–Crippen MR) is 110 cm³/mol. The van der Waals surface area contributed by atoms with E-state index >= 15 is 0 Å². The summed E-state index contributed by atoms with van der Waals surface area (Å²) in [6, 6.07) is 6.49. The van der Waals surface area contributed by atoms with Crippen LogP contribution in [0.5, 0.6) is 0 Å². The van der Waals surface area contributed by atoms with Crippen LogP contribution in [-0.4, -0.2) is 0 Å². The summed E-state index contributed by atoms with van der Waals surface area (Å²) in [7, 11) is 0. The van der Waals surface area contributed by atoms with E-state index in [1.807, 2.05) is 6.08 Å². The highest BCUT2D eigenvalue weighted by atomic mass is 19.2. The average molecular weight is 386 g/mol. The lowest BCUT2D eigenvalue weighted by Gasteiger charge is -2.32. The third-order valence-corrected chi connectivity index (χ3v) is 7.15. The molecule has 0 unspecified atom stereocenters. The van der Waals surface area contributed by atoms with Gasteiger partial charge in [0.05, 0.1) is 6.07 Å². The Hall–Kier alpha value is -1.69. The molecule has 0 aromatic heterocycles. The molecule has 0 bridgehead atoms. The van der Waals surface area contributed by atoms with Crippen molar-refractivity contribution in [2.45, 2.75) is 83.0 Å². The first-order valence-electron chi connectivity index (χ1n) is 11.1. The molecule has 0 amide bonds. The van der Waals surface area contributed by atoms with Crippen LogP contribution >= 0.6 is 0 Å². The first-order valence-corrected chi connectivity index (χ1v) is 11.1. The van der Waals surface area contributed by atoms with Crippen molar-refractivity contribution in [3.05, 3.63) is 47.5 Å². The van der Waals surface area contributed by atoms with Crippen LogP contribution in [0.1, 0.15) is 88.5 Å². The first kappa shape index (κ1) is 21.0. The van der Waals surface area contributed by atoms with Gasteiger partial charge in [-0.15, -0.1) is 0 Å². The largest absolute Gasteiger partial charge is 0.204 e. The van der Waals surface area contributed by atoms with Crippen LogP contribution in [0, 0.1) is 40.7 Å². The molecule has 3 heteroatoms. The summed E-state index contributed by atoms with van der Waals surface area (Å²) in [5, 5.41) is 8.53. The summed E-state index contributed by atoms with van der Waals surface area (Å²) >= 11 is 0. The number of rotatable bonds is 7. The lowest BCUT2D eigenvalue weighted by atomic mass is 9.74. The molecule has 0 N–H and O–H groups in total. The van der Waals surface area contributed by atoms with E-state index in [-0.39, 0.29) is 0 Å². The molecular weight excluding hydrogens is 352 g/mol. The molecule has 0 spiro atoms. The van der Waals surface area contributed by atoms with Crippen molar-refractivity contribution >= 4 is 0 Å². The van der Waals surface area contributed by atoms with Gasteiger partial charge in [0.15, 0.2) is 11.6 Å². The van der Waals surface area contributed by atoms with Gasteiger partial charge in [-0.05, 0) is 79.9 Å². The molecule has 2 aliphatic carbocycles. The topological polar surface area (TPSA) is 23.8 Å². The molecule has 0 aliphatic heterocycles. The summed E-state index contributed by atoms with van der Waals surface area (Å²) in [5.41, 5.74) is 0.972. The molecule has 2 saturated carbocycles. The maximum atomic E-state index is 13.5. The summed E-state index contributed by atoms with van der Waals surface area (Å²) in [6.45, 7) is 0. The number of nitriles is 1. The van der Waals surface area contributed by atoms with E-state index in [1.54, 1.807) is 12.1 Å². The van der Waals surface area contributed by atoms with Crippen molar-refractivity contribution in [2.24, 2.45) is 17.8 Å². The number of allylic oxidation sites excluding steroid dienone is 2. The Balaban J connectivity index is 1.32. The van der Waals surface area contributed by atoms with Crippen molar-refractivity contribution in [2.75, 3.05) is 0 Å². The molecule has 0 atom stereocenters. The zero-order chi connectivity index (χ0) is 19.8. The highest BCUT2D eigenvalue weighted by Gasteiger charge is 2.25. The third-order valence-electron chi connectivity index (χ3n) is 7.15. The van der Waals surface area contributed by atoms with Gasteiger partial charge in [-0.2, -0.15) is 5.26 Å². The molecular formula is C25H33F2N. The Labute approximate surface area is 168 Å². The standard InChI is InChI=1S/C25H33F2N/c26-24-16-15-23(18-25(24)27)22-13-11-21(12-14-22)10-9-20-7-5-19(6-8-20)4-2-1-3-17-28/h1,3,15-16,18-22H,2,4-14H2/t19-,20-,21-,22-. The molecule has 1 aromatic carbocycles. The fourth-order valence-corrected chi connectivity index (χ4v) is 5.30. The smallest absolute Gasteiger partial charge is 0.159 e. The third kappa shape index (κ3) is 6.16. The zero-order valence-corrected chi connectivity index (χ0v) is 16.9. The van der Waals surface area contributed by atoms with Gasteiger partial charge in [-0.1, -0.05) is 50.7 Å². The molecule has 2 fully saturated rings. The first-order chi connectivity index (χ1) is 13.7. The second-order valence-corrected chi connectivity index (χ2v) is 8.96. The number of hydrogen-bond acceptors (Lipinski definition) is 1. The quantitative estimate of drug-likeness (QED) is 0.441. The van der Waals surface area contributed by atoms with Crippen LogP contribution in [0.25, 0.3) is 0 Å². The van der Waals surface area contributed by atoms with Crippen LogP contribution in [-0.2, 0) is 0 Å². The van der Waals surface area contributed by atoms with E-state index in [2.05, 4.69) is 6.07 Å². The monoisotopic (exact) mass is 385 g/mol. The van der Waals surface area contributed by atoms with E-state index in [0.29, 0.717) is 5.92 Å². The van der Waals surface area contributed by atoms with Crippen LogP contribution in [0.3, 0.4) is 0 Å². The lowest BCUT2D eigenvalue weighted by molar-refractivity contribution is 0.225. The summed E-state index contributed by atoms with van der Waals surface area (Å²) in [5.74, 6) is 1.51. The van der Waals surface area contributed by atoms with Crippen molar-refractivity contribution in [1.29, 1.82) is 5.26 Å². The van der Waals surface area contributed by atoms with Crippen molar-refractivity contribution in [3.8, 4) is 6.07 Å². The van der Waals surface area contributed by atoms with Gasteiger partial charge in [0.2, 0.25) is 0 Å². The molecule has 1 aromatic rings. The maximum Gasteiger partial charge on any atom is 0.159 e. The number of halogens is 2. The lowest BCUT2D eigenvalue weighted by Crippen LogP contribution is -2.18. The van der Waals surface area contributed by atoms with E-state index < -0.39 is 11.6 Å². The summed E-state index contributed by atoms with van der Waals surface area (Å²) < 4.78 is 26.6. The molecule has 0 heterocycles. The molecule has 152 valence electrons. The van der Waals surface area contributed by atoms with Crippen LogP contribution in [0.15, 0.2) is 30.4 Å². The van der Waals surface area contributed by atoms with E-state index in [1.165, 1.54) is 69.9 Å². The van der Waals surface area contributed by atoms with E-state index in [4.69, 9.17) is 5.26 Å². The van der Waals surface area contributed by atoms with Gasteiger partial charge in [-0.3, -0.25) is 0 Å². The van der Waals surface area contributed by atoms with Crippen LogP contribution in [0.4, 0.5) is 8.78 Å². The number of benzene rings is 1. The average Bonchev–Trinajstić information content (AvgIpc) is 2.73. The molecule has 1 nitrogen and oxygen atoms in total. The van der Waals surface area contributed by atoms with Gasteiger partial charge in [-0.25, -0.2) is 8.78 Å². The zero-order valence-electron chi connectivity index (χ0n) is 16.9. The highest BCUT2D eigenvalue weighted by molar-refractivity contribution is 5.22. The second kappa shape index (κ2) is 10.7. The minimum absolute atomic E-state index is 0.400. The number of nitrogens with zero attached hydrogens (tertiary/aromatic N) is 1. The Morgan fingerprint density at radius 1 is 0.821 bits per heavy atom. The molecule has 3 rings (SSSR count). The fourth-order valence-electron chi connectivity index (χ4n) is 5.30. The molecule has 0 radical (unpaired) electrons. The van der Waals surface area contributed by atoms with Crippen molar-refractivity contribution in [3.63, 3.8) is 0 Å². The highest BCUT2D eigenvalue weighted by Crippen LogP contribution is 2.40. The van der Waals surface area contributed by atoms with Crippen molar-refractivity contribution < 1.29 is 8.78 Å². The Morgan fingerprint density at radius 3 is 1.96 bits per heavy atom. The molecule has 2 aliphatic rings. The van der Waals surface area contributed by atoms with Gasteiger partial charge >= 0.3 is 0 Å². The van der Waals surface area contributed by atoms with Gasteiger partial charge in [0.1, 0.15) is 0 Å². The Kier molecular flexibility index (Phi) is 8.07. The summed E-state index contributed by atoms with van der Waals surface area (Å²) in [6.07, 6.45) is 18.7. The minimum atomic E-state index is -0.745. The number of hydrogen-bond donors (Lipinski definition) is 0. The molecule has 28 heavy (non-hydrogen) atoms. The van der Waals surface area contributed by atoms with Gasteiger partial charge in [0.25, 0.3) is 0 Å². The van der Waals surface area contributed by atoms with Crippen LogP contribution in [0.2, 0.25) is 0 Å². The van der Waals surface area contributed by atoms with E-state index in [9.17, 15) is 8.78 Å². The fraction of sp³-hybridized carbons (Fsp3) is 0.640. The van der Waals surface area contributed by atoms with Gasteiger partial charge in [0, 0.05) is 6.08 Å². The minimum Gasteiger partial charge on any atom is -0.204 e. The Morgan fingerprint density at radius 2 is 1.39 bits per heavy atom. The van der Waals surface area contributed by atoms with Crippen LogP contribution < -0.4 is 0 Å².